The van der Waals surface area contributed by atoms with E-state index in [4.69, 9.17) is 5.73 Å². The Hall–Kier alpha value is -1.82. The maximum absolute atomic E-state index is 11.6. The third kappa shape index (κ3) is 3.60. The van der Waals surface area contributed by atoms with E-state index in [2.05, 4.69) is 11.9 Å². The molecule has 17 heavy (non-hydrogen) atoms. The summed E-state index contributed by atoms with van der Waals surface area (Å²) in [5.41, 5.74) is 6.01. The van der Waals surface area contributed by atoms with Crippen LogP contribution in [-0.2, 0) is 9.84 Å². The van der Waals surface area contributed by atoms with Gasteiger partial charge in [-0.05, 0) is 18.2 Å². The van der Waals surface area contributed by atoms with Crippen LogP contribution >= 0.6 is 0 Å². The number of rotatable bonds is 4. The van der Waals surface area contributed by atoms with E-state index in [-0.39, 0.29) is 22.1 Å². The van der Waals surface area contributed by atoms with Crippen molar-refractivity contribution in [2.24, 2.45) is 0 Å². The van der Waals surface area contributed by atoms with Crippen molar-refractivity contribution >= 4 is 21.4 Å². The highest BCUT2D eigenvalue weighted by atomic mass is 32.2. The molecule has 0 unspecified atom stereocenters. The van der Waals surface area contributed by atoms with Crippen LogP contribution in [0.3, 0.4) is 0 Å². The van der Waals surface area contributed by atoms with Gasteiger partial charge in [0.2, 0.25) is 0 Å². The second-order valence-electron chi connectivity index (χ2n) is 3.56. The van der Waals surface area contributed by atoms with Crippen molar-refractivity contribution in [3.05, 3.63) is 36.4 Å². The van der Waals surface area contributed by atoms with Crippen LogP contribution < -0.4 is 11.1 Å². The molecule has 0 atom stereocenters. The molecular formula is C11H14N2O3S. The molecule has 0 fully saturated rings. The lowest BCUT2D eigenvalue weighted by molar-refractivity contribution is 0.0958. The molecule has 1 amide bonds. The molecule has 0 aromatic heterocycles. The van der Waals surface area contributed by atoms with Crippen LogP contribution in [0.2, 0.25) is 0 Å². The normalized spacial score (nSPS) is 10.9. The van der Waals surface area contributed by atoms with Gasteiger partial charge in [-0.25, -0.2) is 8.42 Å². The minimum atomic E-state index is -3.38. The van der Waals surface area contributed by atoms with Crippen LogP contribution in [0.5, 0.6) is 0 Å². The van der Waals surface area contributed by atoms with Crippen molar-refractivity contribution in [3.63, 3.8) is 0 Å². The number of nitrogens with one attached hydrogen (secondary N) is 1. The smallest absolute Gasteiger partial charge is 0.251 e. The average molecular weight is 254 g/mol. The molecule has 6 heteroatoms. The van der Waals surface area contributed by atoms with Gasteiger partial charge in [0.1, 0.15) is 0 Å². The number of hydrogen-bond donors (Lipinski definition) is 2. The molecule has 0 aliphatic rings. The summed E-state index contributed by atoms with van der Waals surface area (Å²) in [5.74, 6) is -0.387. The monoisotopic (exact) mass is 254 g/mol. The molecular weight excluding hydrogens is 240 g/mol. The standard InChI is InChI=1S/C11H14N2O3S/c1-3-4-13-11(14)8-5-9(12)7-10(6-8)17(2,15)16/h3,5-7H,1,4,12H2,2H3,(H,13,14). The van der Waals surface area contributed by atoms with Crippen molar-refractivity contribution in [2.45, 2.75) is 4.90 Å². The third-order valence-electron chi connectivity index (χ3n) is 2.03. The summed E-state index contributed by atoms with van der Waals surface area (Å²) in [6.45, 7) is 3.77. The highest BCUT2D eigenvalue weighted by Gasteiger charge is 2.12. The Morgan fingerprint density at radius 1 is 1.47 bits per heavy atom. The Bertz CT molecular complexity index is 550. The van der Waals surface area contributed by atoms with Gasteiger partial charge in [0.15, 0.2) is 9.84 Å². The highest BCUT2D eigenvalue weighted by molar-refractivity contribution is 7.90. The first-order chi connectivity index (χ1) is 7.84. The molecule has 0 radical (unpaired) electrons. The van der Waals surface area contributed by atoms with Gasteiger partial charge < -0.3 is 11.1 Å². The first-order valence-corrected chi connectivity index (χ1v) is 6.73. The van der Waals surface area contributed by atoms with Crippen LogP contribution in [0, 0.1) is 0 Å². The summed E-state index contributed by atoms with van der Waals surface area (Å²) in [6, 6.07) is 4.04. The van der Waals surface area contributed by atoms with Crippen LogP contribution in [0.25, 0.3) is 0 Å². The number of sulfone groups is 1. The molecule has 5 nitrogen and oxygen atoms in total. The SMILES string of the molecule is C=CCNC(=O)c1cc(N)cc(S(C)(=O)=O)c1. The molecule has 0 saturated carbocycles. The molecule has 1 aromatic rings. The van der Waals surface area contributed by atoms with Crippen LogP contribution in [-0.4, -0.2) is 27.1 Å². The highest BCUT2D eigenvalue weighted by Crippen LogP contribution is 2.16. The number of carbonyl (C=O) groups is 1. The van der Waals surface area contributed by atoms with E-state index in [1.807, 2.05) is 0 Å². The topological polar surface area (TPSA) is 89.3 Å². The summed E-state index contributed by atoms with van der Waals surface area (Å²) >= 11 is 0. The second-order valence-corrected chi connectivity index (χ2v) is 5.58. The quantitative estimate of drug-likeness (QED) is 0.608. The van der Waals surface area contributed by atoms with Crippen molar-refractivity contribution in [2.75, 3.05) is 18.5 Å². The first kappa shape index (κ1) is 13.2. The fraction of sp³-hybridized carbons (Fsp3) is 0.182. The van der Waals surface area contributed by atoms with E-state index in [1.165, 1.54) is 24.3 Å². The van der Waals surface area contributed by atoms with Gasteiger partial charge in [-0.1, -0.05) is 6.08 Å². The number of nitrogen functional groups attached to an aromatic ring is 1. The Kier molecular flexibility index (Phi) is 3.90. The number of nitrogens with two attached hydrogens (primary N) is 1. The summed E-state index contributed by atoms with van der Waals surface area (Å²) < 4.78 is 22.7. The number of anilines is 1. The van der Waals surface area contributed by atoms with Crippen molar-refractivity contribution in [1.29, 1.82) is 0 Å². The van der Waals surface area contributed by atoms with E-state index in [0.29, 0.717) is 6.54 Å². The van der Waals surface area contributed by atoms with Crippen molar-refractivity contribution < 1.29 is 13.2 Å². The molecule has 0 bridgehead atoms. The van der Waals surface area contributed by atoms with Crippen molar-refractivity contribution in [1.82, 2.24) is 5.32 Å². The fourth-order valence-corrected chi connectivity index (χ4v) is 1.93. The Morgan fingerprint density at radius 3 is 2.65 bits per heavy atom. The lowest BCUT2D eigenvalue weighted by Gasteiger charge is -2.06. The van der Waals surface area contributed by atoms with Gasteiger partial charge in [-0.2, -0.15) is 0 Å². The molecule has 0 saturated heterocycles. The lowest BCUT2D eigenvalue weighted by Crippen LogP contribution is -2.23. The lowest BCUT2D eigenvalue weighted by atomic mass is 10.2. The van der Waals surface area contributed by atoms with Gasteiger partial charge in [-0.3, -0.25) is 4.79 Å². The fourth-order valence-electron chi connectivity index (χ4n) is 1.23. The third-order valence-corrected chi connectivity index (χ3v) is 3.12. The van der Waals surface area contributed by atoms with Crippen LogP contribution in [0.4, 0.5) is 5.69 Å². The van der Waals surface area contributed by atoms with Gasteiger partial charge in [0.25, 0.3) is 5.91 Å². The molecule has 1 aromatic carbocycles. The first-order valence-electron chi connectivity index (χ1n) is 4.84. The van der Waals surface area contributed by atoms with Crippen LogP contribution in [0.15, 0.2) is 35.7 Å². The Morgan fingerprint density at radius 2 is 2.12 bits per heavy atom. The van der Waals surface area contributed by atoms with Gasteiger partial charge >= 0.3 is 0 Å². The largest absolute Gasteiger partial charge is 0.399 e. The molecule has 1 rings (SSSR count). The Labute approximate surface area is 100 Å². The maximum atomic E-state index is 11.6. The molecule has 3 N–H and O–H groups in total. The Balaban J connectivity index is 3.14. The number of carbonyl (C=O) groups excluding carboxylic acids is 1. The molecule has 92 valence electrons. The van der Waals surface area contributed by atoms with Gasteiger partial charge in [0, 0.05) is 24.1 Å². The van der Waals surface area contributed by atoms with E-state index in [1.54, 1.807) is 0 Å². The predicted octanol–water partition coefficient (Wildman–Crippen LogP) is 0.588. The van der Waals surface area contributed by atoms with Gasteiger partial charge in [0.05, 0.1) is 4.90 Å². The zero-order chi connectivity index (χ0) is 13.1. The number of hydrogen-bond acceptors (Lipinski definition) is 4. The van der Waals surface area contributed by atoms with E-state index in [0.717, 1.165) is 6.26 Å². The molecule has 0 aliphatic carbocycles. The maximum Gasteiger partial charge on any atom is 0.251 e. The molecule has 0 aliphatic heterocycles. The second kappa shape index (κ2) is 5.01. The summed E-state index contributed by atoms with van der Waals surface area (Å²) in [6.07, 6.45) is 2.59. The summed E-state index contributed by atoms with van der Waals surface area (Å²) in [7, 11) is -3.38. The predicted molar refractivity (Wildman–Crippen MR) is 66.5 cm³/mol. The molecule has 0 heterocycles. The number of benzene rings is 1. The van der Waals surface area contributed by atoms with E-state index >= 15 is 0 Å². The summed E-state index contributed by atoms with van der Waals surface area (Å²) in [4.78, 5) is 11.7. The van der Waals surface area contributed by atoms with Crippen LogP contribution in [0.1, 0.15) is 10.4 Å². The minimum absolute atomic E-state index is 0.0289. The van der Waals surface area contributed by atoms with E-state index in [9.17, 15) is 13.2 Å². The average Bonchev–Trinajstić information content (AvgIpc) is 2.23. The van der Waals surface area contributed by atoms with E-state index < -0.39 is 9.84 Å². The summed E-state index contributed by atoms with van der Waals surface area (Å²) in [5, 5.41) is 2.55. The zero-order valence-electron chi connectivity index (χ0n) is 9.43. The molecule has 0 spiro atoms. The minimum Gasteiger partial charge on any atom is -0.399 e. The van der Waals surface area contributed by atoms with Crippen molar-refractivity contribution in [3.8, 4) is 0 Å². The van der Waals surface area contributed by atoms with Gasteiger partial charge in [-0.15, -0.1) is 6.58 Å². The zero-order valence-corrected chi connectivity index (χ0v) is 10.3. The number of amides is 1.